The van der Waals surface area contributed by atoms with E-state index in [1.807, 2.05) is 0 Å². The first kappa shape index (κ1) is 13.7. The molecule has 1 aliphatic rings. The topological polar surface area (TPSA) is 52.8 Å². The first-order chi connectivity index (χ1) is 10.1. The van der Waals surface area contributed by atoms with Gasteiger partial charge in [0.15, 0.2) is 10.6 Å². The average molecular weight is 312 g/mol. The molecule has 1 aliphatic heterocycles. The molecule has 0 saturated carbocycles. The van der Waals surface area contributed by atoms with E-state index >= 15 is 0 Å². The van der Waals surface area contributed by atoms with E-state index in [0.717, 1.165) is 17.4 Å². The Labute approximate surface area is 121 Å². The van der Waals surface area contributed by atoms with Gasteiger partial charge in [-0.3, -0.25) is 4.79 Å². The number of fused-ring (bicyclic) bond motifs is 1. The minimum absolute atomic E-state index is 0.00893. The molecule has 0 atom stereocenters. The molecule has 0 aliphatic carbocycles. The van der Waals surface area contributed by atoms with Gasteiger partial charge >= 0.3 is 5.91 Å². The Morgan fingerprint density at radius 1 is 1.38 bits per heavy atom. The molecule has 0 fully saturated rings. The molecule has 0 unspecified atom stereocenters. The molecule has 1 aromatic heterocycles. The number of thiazole rings is 1. The van der Waals surface area contributed by atoms with E-state index in [1.165, 1.54) is 16.9 Å². The normalized spacial score (nSPS) is 15.6. The van der Waals surface area contributed by atoms with Crippen molar-refractivity contribution < 1.29 is 23.0 Å². The van der Waals surface area contributed by atoms with Crippen molar-refractivity contribution in [3.8, 4) is 0 Å². The van der Waals surface area contributed by atoms with Crippen LogP contribution in [0, 0.1) is 11.6 Å². The molecule has 0 radical (unpaired) electrons. The fourth-order valence-electron chi connectivity index (χ4n) is 1.93. The van der Waals surface area contributed by atoms with Crippen molar-refractivity contribution in [3.05, 3.63) is 40.6 Å². The van der Waals surface area contributed by atoms with E-state index in [9.17, 15) is 13.6 Å². The number of carbonyl (C=O) groups is 1. The van der Waals surface area contributed by atoms with Crippen LogP contribution in [0.4, 0.5) is 8.78 Å². The highest BCUT2D eigenvalue weighted by Crippen LogP contribution is 2.21. The summed E-state index contributed by atoms with van der Waals surface area (Å²) in [7, 11) is 1.55. The first-order valence-electron chi connectivity index (χ1n) is 6.04. The number of benzene rings is 1. The van der Waals surface area contributed by atoms with E-state index in [-0.39, 0.29) is 22.7 Å². The van der Waals surface area contributed by atoms with Gasteiger partial charge in [-0.2, -0.15) is 4.99 Å². The number of rotatable bonds is 1. The second kappa shape index (κ2) is 5.28. The van der Waals surface area contributed by atoms with Crippen LogP contribution in [0.25, 0.3) is 10.2 Å². The Kier molecular flexibility index (Phi) is 3.46. The fourth-order valence-corrected chi connectivity index (χ4v) is 2.98. The zero-order chi connectivity index (χ0) is 15.0. The fraction of sp³-hybridized carbons (Fsp3) is 0.231. The summed E-state index contributed by atoms with van der Waals surface area (Å²) in [6.07, 6.45) is 1.20. The highest BCUT2D eigenvalue weighted by molar-refractivity contribution is 7.16. The van der Waals surface area contributed by atoms with Crippen LogP contribution in [0.3, 0.4) is 0 Å². The van der Waals surface area contributed by atoms with Crippen LogP contribution in [0.1, 0.15) is 0 Å². The smallest absolute Gasteiger partial charge is 0.317 e. The number of nitrogens with zero attached hydrogens (tertiary/aromatic N) is 2. The molecule has 8 heteroatoms. The maximum atomic E-state index is 13.8. The summed E-state index contributed by atoms with van der Waals surface area (Å²) in [5, 5.41) is 0. The molecule has 1 amide bonds. The van der Waals surface area contributed by atoms with E-state index in [1.54, 1.807) is 7.05 Å². The minimum atomic E-state index is -0.700. The number of hydrogen-bond acceptors (Lipinski definition) is 4. The summed E-state index contributed by atoms with van der Waals surface area (Å²) in [6, 6.07) is 1.99. The summed E-state index contributed by atoms with van der Waals surface area (Å²) in [5.74, 6) is -2.01. The Morgan fingerprint density at radius 3 is 2.90 bits per heavy atom. The third-order valence-corrected chi connectivity index (χ3v) is 3.95. The lowest BCUT2D eigenvalue weighted by Gasteiger charge is -2.12. The van der Waals surface area contributed by atoms with Crippen LogP contribution in [0.2, 0.25) is 0 Å². The molecular formula is C13H10F2N2O3S. The number of ether oxygens (including phenoxy) is 2. The zero-order valence-corrected chi connectivity index (χ0v) is 11.7. The molecular weight excluding hydrogens is 302 g/mol. The van der Waals surface area contributed by atoms with E-state index in [4.69, 9.17) is 9.47 Å². The zero-order valence-electron chi connectivity index (χ0n) is 10.9. The summed E-state index contributed by atoms with van der Waals surface area (Å²) in [4.78, 5) is 16.0. The van der Waals surface area contributed by atoms with Gasteiger partial charge in [0.25, 0.3) is 0 Å². The van der Waals surface area contributed by atoms with Gasteiger partial charge in [-0.25, -0.2) is 8.78 Å². The monoisotopic (exact) mass is 312 g/mol. The predicted octanol–water partition coefficient (Wildman–Crippen LogP) is 1.83. The van der Waals surface area contributed by atoms with Crippen LogP contribution in [-0.2, 0) is 21.3 Å². The summed E-state index contributed by atoms with van der Waals surface area (Å²) in [6.45, 7) is 0.642. The third kappa shape index (κ3) is 2.54. The average Bonchev–Trinajstić information content (AvgIpc) is 2.76. The number of carbonyl (C=O) groups excluding carboxylic acids is 1. The summed E-state index contributed by atoms with van der Waals surface area (Å²) in [5.41, 5.74) is 0.197. The van der Waals surface area contributed by atoms with Gasteiger partial charge in [0, 0.05) is 13.1 Å². The number of aryl methyl sites for hydroxylation is 1. The second-order valence-electron chi connectivity index (χ2n) is 4.30. The molecule has 0 N–H and O–H groups in total. The van der Waals surface area contributed by atoms with Crippen molar-refractivity contribution in [1.29, 1.82) is 0 Å². The van der Waals surface area contributed by atoms with Crippen LogP contribution < -0.4 is 4.80 Å². The number of hydrogen-bond donors (Lipinski definition) is 0. The van der Waals surface area contributed by atoms with Gasteiger partial charge < -0.3 is 14.0 Å². The van der Waals surface area contributed by atoms with Gasteiger partial charge in [0.1, 0.15) is 25.3 Å². The van der Waals surface area contributed by atoms with Crippen molar-refractivity contribution in [3.63, 3.8) is 0 Å². The van der Waals surface area contributed by atoms with E-state index in [0.29, 0.717) is 11.3 Å². The highest BCUT2D eigenvalue weighted by Gasteiger charge is 2.16. The summed E-state index contributed by atoms with van der Waals surface area (Å²) >= 11 is 1.02. The lowest BCUT2D eigenvalue weighted by molar-refractivity contribution is -0.119. The number of halogens is 2. The second-order valence-corrected chi connectivity index (χ2v) is 5.31. The molecule has 2 aromatic rings. The third-order valence-electron chi connectivity index (χ3n) is 2.87. The van der Waals surface area contributed by atoms with Crippen LogP contribution >= 0.6 is 11.3 Å². The lowest BCUT2D eigenvalue weighted by atomic mass is 10.3. The SMILES string of the molecule is Cn1c(=NC(=O)C2=COCCO2)sc2cc(F)cc(F)c21. The van der Waals surface area contributed by atoms with Crippen LogP contribution in [0.15, 0.2) is 29.1 Å². The molecule has 3 rings (SSSR count). The standard InChI is InChI=1S/C13H10F2N2O3S/c1-17-11-8(15)4-7(14)5-10(11)21-13(17)16-12(18)9-6-19-2-3-20-9/h4-6H,2-3H2,1H3. The number of aromatic nitrogens is 1. The Balaban J connectivity index is 2.10. The van der Waals surface area contributed by atoms with Crippen molar-refractivity contribution in [2.45, 2.75) is 0 Å². The lowest BCUT2D eigenvalue weighted by Crippen LogP contribution is -2.18. The Morgan fingerprint density at radius 2 is 2.19 bits per heavy atom. The highest BCUT2D eigenvalue weighted by atomic mass is 32.1. The van der Waals surface area contributed by atoms with Crippen LogP contribution in [-0.4, -0.2) is 23.7 Å². The van der Waals surface area contributed by atoms with Gasteiger partial charge in [0.05, 0.1) is 10.2 Å². The Bertz CT molecular complexity index is 823. The number of amides is 1. The van der Waals surface area contributed by atoms with E-state index in [2.05, 4.69) is 4.99 Å². The maximum absolute atomic E-state index is 13.8. The van der Waals surface area contributed by atoms with Crippen molar-refractivity contribution >= 4 is 27.5 Å². The largest absolute Gasteiger partial charge is 0.494 e. The van der Waals surface area contributed by atoms with Crippen molar-refractivity contribution in [1.82, 2.24) is 4.57 Å². The molecule has 5 nitrogen and oxygen atoms in total. The molecule has 110 valence electrons. The molecule has 0 bridgehead atoms. The quantitative estimate of drug-likeness (QED) is 0.807. The van der Waals surface area contributed by atoms with Crippen molar-refractivity contribution in [2.75, 3.05) is 13.2 Å². The minimum Gasteiger partial charge on any atom is -0.494 e. The molecule has 0 spiro atoms. The molecule has 21 heavy (non-hydrogen) atoms. The van der Waals surface area contributed by atoms with Crippen molar-refractivity contribution in [2.24, 2.45) is 12.0 Å². The predicted molar refractivity (Wildman–Crippen MR) is 71.3 cm³/mol. The van der Waals surface area contributed by atoms with Crippen LogP contribution in [0.5, 0.6) is 0 Å². The Hall–Kier alpha value is -2.22. The first-order valence-corrected chi connectivity index (χ1v) is 6.86. The summed E-state index contributed by atoms with van der Waals surface area (Å²) < 4.78 is 38.9. The maximum Gasteiger partial charge on any atom is 0.317 e. The van der Waals surface area contributed by atoms with Gasteiger partial charge in [-0.05, 0) is 6.07 Å². The van der Waals surface area contributed by atoms with E-state index < -0.39 is 17.5 Å². The van der Waals surface area contributed by atoms with Gasteiger partial charge in [-0.15, -0.1) is 0 Å². The van der Waals surface area contributed by atoms with Gasteiger partial charge in [-0.1, -0.05) is 11.3 Å². The molecule has 1 aromatic carbocycles. The molecule has 2 heterocycles. The molecule has 0 saturated heterocycles. The van der Waals surface area contributed by atoms with Gasteiger partial charge in [0.2, 0.25) is 5.76 Å².